The average Bonchev–Trinajstić information content (AvgIpc) is 2.99. The van der Waals surface area contributed by atoms with E-state index in [2.05, 4.69) is 10.4 Å². The van der Waals surface area contributed by atoms with Crippen LogP contribution >= 0.6 is 0 Å². The number of fused-ring (bicyclic) bond motifs is 1. The van der Waals surface area contributed by atoms with Crippen LogP contribution in [0.25, 0.3) is 17.3 Å². The van der Waals surface area contributed by atoms with Gasteiger partial charge in [0.25, 0.3) is 11.8 Å². The van der Waals surface area contributed by atoms with Gasteiger partial charge in [0.05, 0.1) is 11.3 Å². The third-order valence-corrected chi connectivity index (χ3v) is 4.12. The number of nitrogens with one attached hydrogen (secondary N) is 1. The van der Waals surface area contributed by atoms with Crippen LogP contribution in [0.5, 0.6) is 0 Å². The summed E-state index contributed by atoms with van der Waals surface area (Å²) in [6.07, 6.45) is 1.65. The van der Waals surface area contributed by atoms with Crippen LogP contribution in [0.15, 0.2) is 54.6 Å². The quantitative estimate of drug-likeness (QED) is 0.372. The van der Waals surface area contributed by atoms with Crippen LogP contribution in [-0.2, 0) is 4.79 Å². The second kappa shape index (κ2) is 5.89. The second-order valence-electron chi connectivity index (χ2n) is 5.86. The summed E-state index contributed by atoms with van der Waals surface area (Å²) >= 11 is 0. The minimum atomic E-state index is -0.556. The van der Waals surface area contributed by atoms with E-state index in [0.717, 1.165) is 5.56 Å². The molecule has 0 radical (unpaired) electrons. The molecule has 5 N–H and O–H groups in total. The summed E-state index contributed by atoms with van der Waals surface area (Å²) in [5.41, 5.74) is 14.6. The van der Waals surface area contributed by atoms with Crippen molar-refractivity contribution in [3.63, 3.8) is 0 Å². The number of hydrogen-bond donors (Lipinski definition) is 3. The number of carbonyl (C=O) groups excluding carboxylic acids is 2. The zero-order chi connectivity index (χ0) is 18.3. The zero-order valence-corrected chi connectivity index (χ0v) is 13.6. The van der Waals surface area contributed by atoms with Crippen molar-refractivity contribution in [3.8, 4) is 5.69 Å². The molecule has 7 heteroatoms. The third-order valence-electron chi connectivity index (χ3n) is 4.12. The van der Waals surface area contributed by atoms with Gasteiger partial charge in [0.1, 0.15) is 17.1 Å². The molecule has 0 fully saturated rings. The number of hydrogen-bond acceptors (Lipinski definition) is 5. The molecule has 26 heavy (non-hydrogen) atoms. The molecule has 1 aliphatic rings. The molecular formula is C19H15N5O2. The molecule has 1 aromatic heterocycles. The Morgan fingerprint density at radius 2 is 1.62 bits per heavy atom. The molecule has 0 spiro atoms. The summed E-state index contributed by atoms with van der Waals surface area (Å²) in [5, 5.41) is 6.75. The lowest BCUT2D eigenvalue weighted by Gasteiger charge is -2.13. The summed E-state index contributed by atoms with van der Waals surface area (Å²) in [4.78, 5) is 24.7. The Morgan fingerprint density at radius 1 is 0.923 bits per heavy atom. The van der Waals surface area contributed by atoms with Crippen molar-refractivity contribution in [1.29, 1.82) is 0 Å². The molecule has 0 unspecified atom stereocenters. The molecule has 0 saturated heterocycles. The van der Waals surface area contributed by atoms with Crippen molar-refractivity contribution in [3.05, 3.63) is 71.4 Å². The Labute approximate surface area is 148 Å². The molecule has 2 aromatic carbocycles. The molecule has 0 bridgehead atoms. The van der Waals surface area contributed by atoms with Crippen LogP contribution in [0.1, 0.15) is 21.6 Å². The van der Waals surface area contributed by atoms with E-state index in [-0.39, 0.29) is 22.6 Å². The molecule has 7 nitrogen and oxygen atoms in total. The molecular weight excluding hydrogens is 330 g/mol. The monoisotopic (exact) mass is 345 g/mol. The van der Waals surface area contributed by atoms with E-state index in [1.807, 2.05) is 30.3 Å². The van der Waals surface area contributed by atoms with Gasteiger partial charge in [-0.1, -0.05) is 30.3 Å². The largest absolute Gasteiger partial charge is 0.399 e. The molecule has 0 atom stereocenters. The Kier molecular flexibility index (Phi) is 3.54. The van der Waals surface area contributed by atoms with Crippen LogP contribution in [0.3, 0.4) is 0 Å². The van der Waals surface area contributed by atoms with Gasteiger partial charge >= 0.3 is 0 Å². The van der Waals surface area contributed by atoms with Gasteiger partial charge < -0.3 is 11.5 Å². The topological polar surface area (TPSA) is 116 Å². The first-order chi connectivity index (χ1) is 12.5. The molecule has 0 saturated carbocycles. The highest BCUT2D eigenvalue weighted by atomic mass is 16.2. The summed E-state index contributed by atoms with van der Waals surface area (Å²) in [6.45, 7) is 0. The van der Waals surface area contributed by atoms with E-state index in [9.17, 15) is 9.59 Å². The number of nitrogens with zero attached hydrogens (tertiary/aromatic N) is 2. The van der Waals surface area contributed by atoms with Gasteiger partial charge in [0, 0.05) is 5.69 Å². The second-order valence-corrected chi connectivity index (χ2v) is 5.86. The molecule has 2 heterocycles. The Hall–Kier alpha value is -3.87. The number of para-hydroxylation sites is 1. The van der Waals surface area contributed by atoms with Crippen LogP contribution in [-0.4, -0.2) is 21.6 Å². The maximum atomic E-state index is 12.4. The molecule has 1 aliphatic heterocycles. The average molecular weight is 345 g/mol. The summed E-state index contributed by atoms with van der Waals surface area (Å²) in [7, 11) is 0. The van der Waals surface area contributed by atoms with Crippen molar-refractivity contribution < 1.29 is 9.59 Å². The van der Waals surface area contributed by atoms with E-state index in [4.69, 9.17) is 11.5 Å². The van der Waals surface area contributed by atoms with Gasteiger partial charge in [-0.05, 0) is 35.9 Å². The van der Waals surface area contributed by atoms with Gasteiger partial charge in [-0.2, -0.15) is 5.10 Å². The van der Waals surface area contributed by atoms with Crippen LogP contribution < -0.4 is 16.8 Å². The molecule has 0 aliphatic carbocycles. The van der Waals surface area contributed by atoms with Crippen LogP contribution in [0.4, 0.5) is 11.5 Å². The first-order valence-corrected chi connectivity index (χ1v) is 7.92. The minimum Gasteiger partial charge on any atom is -0.399 e. The number of benzene rings is 2. The van der Waals surface area contributed by atoms with Crippen molar-refractivity contribution in [1.82, 2.24) is 15.1 Å². The lowest BCUT2D eigenvalue weighted by Crippen LogP contribution is -2.36. The predicted octanol–water partition coefficient (Wildman–Crippen LogP) is 1.85. The van der Waals surface area contributed by atoms with Crippen LogP contribution in [0, 0.1) is 0 Å². The van der Waals surface area contributed by atoms with Crippen LogP contribution in [0.2, 0.25) is 0 Å². The van der Waals surface area contributed by atoms with E-state index in [1.165, 1.54) is 4.68 Å². The highest BCUT2D eigenvalue weighted by Gasteiger charge is 2.34. The van der Waals surface area contributed by atoms with Crippen molar-refractivity contribution in [2.45, 2.75) is 0 Å². The maximum absolute atomic E-state index is 12.4. The lowest BCUT2D eigenvalue weighted by atomic mass is 9.99. The normalized spacial score (nSPS) is 15.0. The van der Waals surface area contributed by atoms with Gasteiger partial charge in [-0.15, -0.1) is 0 Å². The fraction of sp³-hybridized carbons (Fsp3) is 0. The van der Waals surface area contributed by atoms with Gasteiger partial charge in [0.2, 0.25) is 0 Å². The number of aromatic nitrogens is 2. The first kappa shape index (κ1) is 15.6. The Morgan fingerprint density at radius 3 is 2.31 bits per heavy atom. The number of imide groups is 1. The summed E-state index contributed by atoms with van der Waals surface area (Å²) in [6, 6.07) is 16.2. The maximum Gasteiger partial charge on any atom is 0.264 e. The van der Waals surface area contributed by atoms with Crippen molar-refractivity contribution in [2.75, 3.05) is 11.5 Å². The van der Waals surface area contributed by atoms with Crippen molar-refractivity contribution >= 4 is 35.0 Å². The van der Waals surface area contributed by atoms with Gasteiger partial charge in [-0.25, -0.2) is 4.68 Å². The number of anilines is 2. The Balaban J connectivity index is 1.90. The fourth-order valence-electron chi connectivity index (χ4n) is 2.84. The highest BCUT2D eigenvalue weighted by Crippen LogP contribution is 2.30. The summed E-state index contributed by atoms with van der Waals surface area (Å²) < 4.78 is 1.46. The van der Waals surface area contributed by atoms with E-state index in [1.54, 1.807) is 30.3 Å². The fourth-order valence-corrected chi connectivity index (χ4v) is 2.84. The van der Waals surface area contributed by atoms with Gasteiger partial charge in [0.15, 0.2) is 0 Å². The predicted molar refractivity (Wildman–Crippen MR) is 99.2 cm³/mol. The SMILES string of the molecule is Nc1ccc(/C=C2/C(=O)NC(=O)c3c2nn(-c2ccccc2)c3N)cc1. The lowest BCUT2D eigenvalue weighted by molar-refractivity contribution is -0.114. The number of nitrogens with two attached hydrogens (primary N) is 2. The first-order valence-electron chi connectivity index (χ1n) is 7.92. The van der Waals surface area contributed by atoms with E-state index >= 15 is 0 Å². The minimum absolute atomic E-state index is 0.180. The standard InChI is InChI=1S/C19H15N5O2/c20-12-8-6-11(7-9-12)10-14-16-15(19(26)22-18(14)25)17(21)24(23-16)13-4-2-1-3-5-13/h1-10H,20-21H2,(H,22,25,26)/b14-10+. The number of nitrogen functional groups attached to an aromatic ring is 2. The number of carbonyl (C=O) groups is 2. The molecule has 3 aromatic rings. The number of amides is 2. The van der Waals surface area contributed by atoms with E-state index in [0.29, 0.717) is 11.4 Å². The van der Waals surface area contributed by atoms with Crippen molar-refractivity contribution in [2.24, 2.45) is 0 Å². The van der Waals surface area contributed by atoms with Gasteiger partial charge in [-0.3, -0.25) is 14.9 Å². The number of rotatable bonds is 2. The molecule has 128 valence electrons. The summed E-state index contributed by atoms with van der Waals surface area (Å²) in [5.74, 6) is -0.893. The molecule has 4 rings (SSSR count). The van der Waals surface area contributed by atoms with E-state index < -0.39 is 11.8 Å². The third kappa shape index (κ3) is 2.51. The highest BCUT2D eigenvalue weighted by molar-refractivity contribution is 6.34. The molecule has 2 amide bonds. The Bertz CT molecular complexity index is 1050. The smallest absolute Gasteiger partial charge is 0.264 e. The zero-order valence-electron chi connectivity index (χ0n) is 13.6.